The Bertz CT molecular complexity index is 173. The van der Waals surface area contributed by atoms with Crippen LogP contribution in [0.15, 0.2) is 0 Å². The molecule has 1 unspecified atom stereocenters. The van der Waals surface area contributed by atoms with E-state index in [2.05, 4.69) is 5.32 Å². The molecule has 0 radical (unpaired) electrons. The molecular weight excluding hydrogens is 170 g/mol. The van der Waals surface area contributed by atoms with Crippen LogP contribution in [0.25, 0.3) is 0 Å². The van der Waals surface area contributed by atoms with Crippen molar-refractivity contribution < 1.29 is 4.79 Å². The molecule has 1 aliphatic heterocycles. The fourth-order valence-corrected chi connectivity index (χ4v) is 2.67. The number of hydrogen-bond acceptors (Lipinski definition) is 3. The Hall–Kier alpha value is -0.0200. The number of hydrogen-bond donors (Lipinski definition) is 1. The van der Waals surface area contributed by atoms with E-state index in [4.69, 9.17) is 0 Å². The number of thioether (sulfide) groups is 1. The summed E-state index contributed by atoms with van der Waals surface area (Å²) in [5, 5.41) is 3.30. The Morgan fingerprint density at radius 1 is 1.42 bits per heavy atom. The van der Waals surface area contributed by atoms with E-state index in [9.17, 15) is 4.79 Å². The lowest BCUT2D eigenvalue weighted by molar-refractivity contribution is -0.126. The van der Waals surface area contributed by atoms with Crippen LogP contribution in [0.2, 0.25) is 0 Å². The zero-order valence-electron chi connectivity index (χ0n) is 7.21. The van der Waals surface area contributed by atoms with Crippen molar-refractivity contribution in [2.75, 3.05) is 18.1 Å². The Morgan fingerprint density at radius 3 is 2.75 bits per heavy atom. The quantitative estimate of drug-likeness (QED) is 0.697. The number of carbonyl (C=O) groups is 1. The summed E-state index contributed by atoms with van der Waals surface area (Å²) in [7, 11) is 0. The summed E-state index contributed by atoms with van der Waals surface area (Å²) in [5.74, 6) is 3.04. The van der Waals surface area contributed by atoms with Crippen molar-refractivity contribution in [2.45, 2.75) is 25.3 Å². The molecule has 0 amide bonds. The molecule has 2 nitrogen and oxygen atoms in total. The number of nitrogens with one attached hydrogen (secondary N) is 1. The molecule has 68 valence electrons. The van der Waals surface area contributed by atoms with Crippen LogP contribution in [0.1, 0.15) is 19.3 Å². The minimum atomic E-state index is 0.175. The molecule has 2 rings (SSSR count). The normalized spacial score (nSPS) is 31.2. The molecule has 1 saturated heterocycles. The van der Waals surface area contributed by atoms with Crippen LogP contribution in [0.5, 0.6) is 0 Å². The summed E-state index contributed by atoms with van der Waals surface area (Å²) in [5.41, 5.74) is 0. The van der Waals surface area contributed by atoms with Crippen LogP contribution in [0.3, 0.4) is 0 Å². The highest BCUT2D eigenvalue weighted by Gasteiger charge is 2.31. The molecule has 1 N–H and O–H groups in total. The lowest BCUT2D eigenvalue weighted by atomic mass is 9.80. The summed E-state index contributed by atoms with van der Waals surface area (Å²) in [6.45, 7) is 1.01. The van der Waals surface area contributed by atoms with Crippen molar-refractivity contribution in [1.29, 1.82) is 0 Å². The van der Waals surface area contributed by atoms with E-state index in [0.29, 0.717) is 11.7 Å². The Kier molecular flexibility index (Phi) is 2.71. The zero-order valence-corrected chi connectivity index (χ0v) is 8.03. The molecule has 1 aliphatic carbocycles. The first-order valence-corrected chi connectivity index (χ1v) is 5.88. The van der Waals surface area contributed by atoms with Gasteiger partial charge in [0.2, 0.25) is 0 Å². The highest BCUT2D eigenvalue weighted by molar-refractivity contribution is 7.99. The first-order chi connectivity index (χ1) is 5.88. The van der Waals surface area contributed by atoms with E-state index in [-0.39, 0.29) is 6.04 Å². The Labute approximate surface area is 77.5 Å². The predicted octanol–water partition coefficient (Wildman–Crippen LogP) is 1.06. The molecule has 0 bridgehead atoms. The Morgan fingerprint density at radius 2 is 2.25 bits per heavy atom. The van der Waals surface area contributed by atoms with Crippen molar-refractivity contribution in [3.63, 3.8) is 0 Å². The minimum Gasteiger partial charge on any atom is -0.306 e. The predicted molar refractivity (Wildman–Crippen MR) is 51.5 cm³/mol. The molecule has 2 fully saturated rings. The van der Waals surface area contributed by atoms with Gasteiger partial charge in [-0.2, -0.15) is 11.8 Å². The van der Waals surface area contributed by atoms with Gasteiger partial charge in [0.05, 0.1) is 6.04 Å². The lowest BCUT2D eigenvalue weighted by Gasteiger charge is -2.30. The summed E-state index contributed by atoms with van der Waals surface area (Å²) < 4.78 is 0. The van der Waals surface area contributed by atoms with Gasteiger partial charge >= 0.3 is 0 Å². The summed E-state index contributed by atoms with van der Waals surface area (Å²) in [4.78, 5) is 11.7. The molecule has 0 aromatic carbocycles. The smallest absolute Gasteiger partial charge is 0.153 e. The Balaban J connectivity index is 1.84. The molecule has 12 heavy (non-hydrogen) atoms. The van der Waals surface area contributed by atoms with Gasteiger partial charge in [-0.15, -0.1) is 0 Å². The molecule has 0 spiro atoms. The molecule has 2 aliphatic rings. The molecule has 1 heterocycles. The molecule has 0 aromatic heterocycles. The molecule has 3 heteroatoms. The minimum absolute atomic E-state index is 0.175. The third-order valence-corrected chi connectivity index (χ3v) is 3.83. The number of carbonyl (C=O) groups excluding carboxylic acids is 1. The van der Waals surface area contributed by atoms with Gasteiger partial charge in [0, 0.05) is 24.0 Å². The van der Waals surface area contributed by atoms with Crippen LogP contribution in [0.4, 0.5) is 0 Å². The van der Waals surface area contributed by atoms with E-state index in [1.54, 1.807) is 0 Å². The lowest BCUT2D eigenvalue weighted by Crippen LogP contribution is -2.47. The van der Waals surface area contributed by atoms with Crippen LogP contribution in [0, 0.1) is 5.92 Å². The highest BCUT2D eigenvalue weighted by Crippen LogP contribution is 2.29. The van der Waals surface area contributed by atoms with Gasteiger partial charge < -0.3 is 5.32 Å². The molecule has 1 atom stereocenters. The second kappa shape index (κ2) is 3.79. The largest absolute Gasteiger partial charge is 0.306 e. The van der Waals surface area contributed by atoms with E-state index in [1.165, 1.54) is 6.42 Å². The standard InChI is InChI=1S/C9H15NOS/c11-9(7-2-1-3-7)8-6-12-5-4-10-8/h7-8,10H,1-6H2. The number of Topliss-reactive ketones (excluding diaryl/α,β-unsaturated/α-hetero) is 1. The van der Waals surface area contributed by atoms with Gasteiger partial charge in [-0.1, -0.05) is 6.42 Å². The van der Waals surface area contributed by atoms with Gasteiger partial charge in [0.1, 0.15) is 0 Å². The summed E-state index contributed by atoms with van der Waals surface area (Å²) >= 11 is 1.90. The van der Waals surface area contributed by atoms with E-state index in [0.717, 1.165) is 30.9 Å². The zero-order chi connectivity index (χ0) is 8.39. The van der Waals surface area contributed by atoms with Gasteiger partial charge in [-0.25, -0.2) is 0 Å². The molecular formula is C9H15NOS. The van der Waals surface area contributed by atoms with Gasteiger partial charge in [0.15, 0.2) is 5.78 Å². The van der Waals surface area contributed by atoms with E-state index >= 15 is 0 Å². The number of rotatable bonds is 2. The van der Waals surface area contributed by atoms with Crippen molar-refractivity contribution in [1.82, 2.24) is 5.32 Å². The first-order valence-electron chi connectivity index (χ1n) is 4.73. The van der Waals surface area contributed by atoms with Crippen molar-refractivity contribution in [3.8, 4) is 0 Å². The van der Waals surface area contributed by atoms with Gasteiger partial charge in [0.25, 0.3) is 0 Å². The third-order valence-electron chi connectivity index (χ3n) is 2.77. The average molecular weight is 185 g/mol. The third kappa shape index (κ3) is 1.67. The SMILES string of the molecule is O=C(C1CCC1)C1CSCCN1. The van der Waals surface area contributed by atoms with Crippen molar-refractivity contribution in [3.05, 3.63) is 0 Å². The maximum Gasteiger partial charge on any atom is 0.153 e. The first kappa shape index (κ1) is 8.57. The fraction of sp³-hybridized carbons (Fsp3) is 0.889. The van der Waals surface area contributed by atoms with E-state index < -0.39 is 0 Å². The number of ketones is 1. The van der Waals surface area contributed by atoms with E-state index in [1.807, 2.05) is 11.8 Å². The summed E-state index contributed by atoms with van der Waals surface area (Å²) in [6.07, 6.45) is 3.54. The average Bonchev–Trinajstić information content (AvgIpc) is 2.03. The van der Waals surface area contributed by atoms with Crippen LogP contribution in [-0.2, 0) is 4.79 Å². The topological polar surface area (TPSA) is 29.1 Å². The van der Waals surface area contributed by atoms with Gasteiger partial charge in [-0.3, -0.25) is 4.79 Å². The van der Waals surface area contributed by atoms with Gasteiger partial charge in [-0.05, 0) is 12.8 Å². The molecule has 1 saturated carbocycles. The van der Waals surface area contributed by atoms with Crippen molar-refractivity contribution >= 4 is 17.5 Å². The monoisotopic (exact) mass is 185 g/mol. The second-order valence-corrected chi connectivity index (χ2v) is 4.76. The van der Waals surface area contributed by atoms with Crippen LogP contribution in [-0.4, -0.2) is 29.9 Å². The van der Waals surface area contributed by atoms with Crippen LogP contribution < -0.4 is 5.32 Å². The maximum atomic E-state index is 11.7. The second-order valence-electron chi connectivity index (χ2n) is 3.61. The molecule has 0 aromatic rings. The van der Waals surface area contributed by atoms with Crippen LogP contribution >= 0.6 is 11.8 Å². The fourth-order valence-electron chi connectivity index (χ4n) is 1.73. The highest BCUT2D eigenvalue weighted by atomic mass is 32.2. The van der Waals surface area contributed by atoms with Crippen molar-refractivity contribution in [2.24, 2.45) is 5.92 Å². The maximum absolute atomic E-state index is 11.7. The summed E-state index contributed by atoms with van der Waals surface area (Å²) in [6, 6.07) is 0.175.